The van der Waals surface area contributed by atoms with Crippen molar-refractivity contribution in [3.05, 3.63) is 63.6 Å². The lowest BCUT2D eigenvalue weighted by Crippen LogP contribution is -2.31. The van der Waals surface area contributed by atoms with E-state index in [-0.39, 0.29) is 31.8 Å². The van der Waals surface area contributed by atoms with Crippen LogP contribution in [0.1, 0.15) is 22.3 Å². The van der Waals surface area contributed by atoms with Gasteiger partial charge in [0.2, 0.25) is 6.79 Å². The van der Waals surface area contributed by atoms with Gasteiger partial charge in [-0.25, -0.2) is 0 Å². The van der Waals surface area contributed by atoms with Crippen molar-refractivity contribution in [1.29, 1.82) is 0 Å². The van der Waals surface area contributed by atoms with Crippen molar-refractivity contribution in [2.75, 3.05) is 19.2 Å². The third-order valence-electron chi connectivity index (χ3n) is 5.04. The second-order valence-electron chi connectivity index (χ2n) is 6.96. The van der Waals surface area contributed by atoms with E-state index in [0.29, 0.717) is 27.7 Å². The maximum absolute atomic E-state index is 13.2. The minimum Gasteiger partial charge on any atom is -0.454 e. The van der Waals surface area contributed by atoms with E-state index in [0.717, 1.165) is 22.3 Å². The number of ether oxygens (including phenoxy) is 2. The smallest absolute Gasteiger partial charge is 0.268 e. The molecular formula is C22H21NO5S. The minimum atomic E-state index is -0.334. The van der Waals surface area contributed by atoms with Gasteiger partial charge in [0, 0.05) is 5.75 Å². The lowest BCUT2D eigenvalue weighted by atomic mass is 10.0. The largest absolute Gasteiger partial charge is 0.454 e. The van der Waals surface area contributed by atoms with Crippen LogP contribution in [0, 0.1) is 13.8 Å². The number of rotatable bonds is 6. The van der Waals surface area contributed by atoms with E-state index < -0.39 is 0 Å². The number of thioether (sulfide) groups is 1. The topological polar surface area (TPSA) is 76.1 Å². The Hall–Kier alpha value is -2.77. The zero-order valence-electron chi connectivity index (χ0n) is 16.2. The SMILES string of the molecule is Cc1ccc(C2=C(SCCO)C(=O)N(Cc3ccc4c(c3)OCO4)C2=O)cc1C. The molecule has 0 aliphatic carbocycles. The van der Waals surface area contributed by atoms with Crippen LogP contribution in [-0.2, 0) is 16.1 Å². The van der Waals surface area contributed by atoms with Gasteiger partial charge < -0.3 is 14.6 Å². The van der Waals surface area contributed by atoms with E-state index in [2.05, 4.69) is 0 Å². The van der Waals surface area contributed by atoms with Crippen LogP contribution in [0.25, 0.3) is 5.57 Å². The van der Waals surface area contributed by atoms with Crippen LogP contribution >= 0.6 is 11.8 Å². The van der Waals surface area contributed by atoms with Crippen molar-refractivity contribution in [2.24, 2.45) is 0 Å². The second kappa shape index (κ2) is 7.93. The van der Waals surface area contributed by atoms with E-state index in [1.807, 2.05) is 38.1 Å². The first kappa shape index (κ1) is 19.5. The fourth-order valence-corrected chi connectivity index (χ4v) is 4.23. The monoisotopic (exact) mass is 411 g/mol. The molecule has 0 aromatic heterocycles. The molecule has 29 heavy (non-hydrogen) atoms. The highest BCUT2D eigenvalue weighted by atomic mass is 32.2. The second-order valence-corrected chi connectivity index (χ2v) is 8.06. The molecule has 7 heteroatoms. The third-order valence-corrected chi connectivity index (χ3v) is 6.09. The van der Waals surface area contributed by atoms with Crippen molar-refractivity contribution in [3.63, 3.8) is 0 Å². The average molecular weight is 411 g/mol. The zero-order chi connectivity index (χ0) is 20.5. The molecule has 2 aliphatic heterocycles. The Balaban J connectivity index is 1.67. The molecule has 0 atom stereocenters. The standard InChI is InChI=1S/C22H21NO5S/c1-13-3-5-16(9-14(13)2)19-20(29-8-7-24)22(26)23(21(19)25)11-15-4-6-17-18(10-15)28-12-27-17/h3-6,9-10,24H,7-8,11-12H2,1-2H3. The van der Waals surface area contributed by atoms with Gasteiger partial charge in [0.1, 0.15) is 0 Å². The third kappa shape index (κ3) is 3.63. The number of hydrogen-bond donors (Lipinski definition) is 1. The summed E-state index contributed by atoms with van der Waals surface area (Å²) < 4.78 is 10.7. The number of imide groups is 1. The fourth-order valence-electron chi connectivity index (χ4n) is 3.35. The molecular weight excluding hydrogens is 390 g/mol. The Bertz CT molecular complexity index is 1030. The molecule has 2 aliphatic rings. The van der Waals surface area contributed by atoms with Gasteiger partial charge in [-0.1, -0.05) is 24.3 Å². The van der Waals surface area contributed by atoms with Crippen LogP contribution in [0.5, 0.6) is 11.5 Å². The molecule has 6 nitrogen and oxygen atoms in total. The summed E-state index contributed by atoms with van der Waals surface area (Å²) in [6.45, 7) is 4.22. The van der Waals surface area contributed by atoms with Crippen molar-refractivity contribution in [1.82, 2.24) is 4.90 Å². The van der Waals surface area contributed by atoms with Crippen molar-refractivity contribution in [3.8, 4) is 11.5 Å². The molecule has 0 bridgehead atoms. The molecule has 0 saturated carbocycles. The lowest BCUT2D eigenvalue weighted by Gasteiger charge is -2.15. The number of benzene rings is 2. The van der Waals surface area contributed by atoms with Crippen LogP contribution in [0.2, 0.25) is 0 Å². The Labute approximate surface area is 173 Å². The number of carbonyl (C=O) groups is 2. The molecule has 2 aromatic rings. The van der Waals surface area contributed by atoms with Crippen LogP contribution in [0.3, 0.4) is 0 Å². The molecule has 0 unspecified atom stereocenters. The molecule has 2 aromatic carbocycles. The van der Waals surface area contributed by atoms with Crippen molar-refractivity contribution in [2.45, 2.75) is 20.4 Å². The molecule has 0 spiro atoms. The first-order valence-electron chi connectivity index (χ1n) is 9.30. The summed E-state index contributed by atoms with van der Waals surface area (Å²) in [6.07, 6.45) is 0. The Morgan fingerprint density at radius 2 is 1.79 bits per heavy atom. The number of carbonyl (C=O) groups excluding carboxylic acids is 2. The van der Waals surface area contributed by atoms with Gasteiger partial charge in [0.25, 0.3) is 11.8 Å². The average Bonchev–Trinajstić information content (AvgIpc) is 3.26. The van der Waals surface area contributed by atoms with E-state index in [4.69, 9.17) is 9.47 Å². The van der Waals surface area contributed by atoms with E-state index >= 15 is 0 Å². The van der Waals surface area contributed by atoms with Gasteiger partial charge >= 0.3 is 0 Å². The summed E-state index contributed by atoms with van der Waals surface area (Å²) in [6, 6.07) is 11.1. The van der Waals surface area contributed by atoms with Crippen LogP contribution in [0.4, 0.5) is 0 Å². The number of hydrogen-bond acceptors (Lipinski definition) is 6. The lowest BCUT2D eigenvalue weighted by molar-refractivity contribution is -0.137. The van der Waals surface area contributed by atoms with Crippen LogP contribution in [-0.4, -0.2) is 41.0 Å². The molecule has 150 valence electrons. The Morgan fingerprint density at radius 3 is 2.55 bits per heavy atom. The fraction of sp³-hybridized carbons (Fsp3) is 0.273. The summed E-state index contributed by atoms with van der Waals surface area (Å²) in [5.41, 5.74) is 4.07. The molecule has 2 amide bonds. The number of nitrogens with zero attached hydrogens (tertiary/aromatic N) is 1. The normalized spacial score (nSPS) is 15.6. The summed E-state index contributed by atoms with van der Waals surface area (Å²) in [7, 11) is 0. The number of aliphatic hydroxyl groups is 1. The summed E-state index contributed by atoms with van der Waals surface area (Å²) in [4.78, 5) is 28.0. The molecule has 1 N–H and O–H groups in total. The Kier molecular flexibility index (Phi) is 5.34. The highest BCUT2D eigenvalue weighted by molar-refractivity contribution is 8.04. The van der Waals surface area contributed by atoms with E-state index in [1.54, 1.807) is 12.1 Å². The molecule has 0 radical (unpaired) electrons. The predicted molar refractivity (Wildman–Crippen MR) is 111 cm³/mol. The predicted octanol–water partition coefficient (Wildman–Crippen LogP) is 3.04. The van der Waals surface area contributed by atoms with Crippen molar-refractivity contribution < 1.29 is 24.2 Å². The van der Waals surface area contributed by atoms with Gasteiger partial charge in [0.15, 0.2) is 11.5 Å². The summed E-state index contributed by atoms with van der Waals surface area (Å²) in [5, 5.41) is 9.23. The first-order valence-corrected chi connectivity index (χ1v) is 10.3. The number of aliphatic hydroxyl groups excluding tert-OH is 1. The van der Waals surface area contributed by atoms with Gasteiger partial charge in [-0.2, -0.15) is 0 Å². The summed E-state index contributed by atoms with van der Waals surface area (Å²) >= 11 is 1.22. The molecule has 4 rings (SSSR count). The highest BCUT2D eigenvalue weighted by Gasteiger charge is 2.39. The van der Waals surface area contributed by atoms with Crippen LogP contribution < -0.4 is 9.47 Å². The van der Waals surface area contributed by atoms with E-state index in [9.17, 15) is 14.7 Å². The number of fused-ring (bicyclic) bond motifs is 1. The quantitative estimate of drug-likeness (QED) is 0.737. The number of amides is 2. The van der Waals surface area contributed by atoms with Gasteiger partial charge in [0.05, 0.1) is 23.6 Å². The maximum atomic E-state index is 13.2. The zero-order valence-corrected chi connectivity index (χ0v) is 17.0. The van der Waals surface area contributed by atoms with Gasteiger partial charge in [-0.15, -0.1) is 11.8 Å². The number of aryl methyl sites for hydroxylation is 2. The maximum Gasteiger partial charge on any atom is 0.268 e. The minimum absolute atomic E-state index is 0.0714. The van der Waals surface area contributed by atoms with E-state index in [1.165, 1.54) is 16.7 Å². The van der Waals surface area contributed by atoms with Gasteiger partial charge in [-0.05, 0) is 48.2 Å². The highest BCUT2D eigenvalue weighted by Crippen LogP contribution is 2.38. The van der Waals surface area contributed by atoms with Crippen molar-refractivity contribution >= 4 is 29.1 Å². The van der Waals surface area contributed by atoms with Gasteiger partial charge in [-0.3, -0.25) is 14.5 Å². The molecule has 2 heterocycles. The summed E-state index contributed by atoms with van der Waals surface area (Å²) in [5.74, 6) is 0.955. The molecule has 0 fully saturated rings. The molecule has 0 saturated heterocycles. The van der Waals surface area contributed by atoms with Crippen LogP contribution in [0.15, 0.2) is 41.3 Å². The Morgan fingerprint density at radius 1 is 1.00 bits per heavy atom. The first-order chi connectivity index (χ1) is 14.0.